The predicted octanol–water partition coefficient (Wildman–Crippen LogP) is 1.38. The first-order valence-corrected chi connectivity index (χ1v) is 5.50. The summed E-state index contributed by atoms with van der Waals surface area (Å²) in [6.07, 6.45) is 1.31. The van der Waals surface area contributed by atoms with Crippen LogP contribution in [0.5, 0.6) is 11.5 Å². The van der Waals surface area contributed by atoms with E-state index in [0.29, 0.717) is 18.9 Å². The first kappa shape index (κ1) is 12.4. The smallest absolute Gasteiger partial charge is 0.213 e. The molecule has 96 valence electrons. The van der Waals surface area contributed by atoms with Gasteiger partial charge < -0.3 is 19.3 Å². The summed E-state index contributed by atoms with van der Waals surface area (Å²) in [7, 11) is 3.28. The fourth-order valence-corrected chi connectivity index (χ4v) is 1.60. The largest absolute Gasteiger partial charge is 0.497 e. The molecule has 0 spiro atoms. The number of aromatic nitrogens is 2. The SMILES string of the molecule is COc1ccc(OC)c(CNCc2ncon2)c1. The van der Waals surface area contributed by atoms with Gasteiger partial charge in [-0.3, -0.25) is 0 Å². The summed E-state index contributed by atoms with van der Waals surface area (Å²) in [6, 6.07) is 5.67. The summed E-state index contributed by atoms with van der Waals surface area (Å²) in [6.45, 7) is 1.17. The summed E-state index contributed by atoms with van der Waals surface area (Å²) >= 11 is 0. The molecule has 1 heterocycles. The van der Waals surface area contributed by atoms with Crippen LogP contribution in [0, 0.1) is 0 Å². The molecule has 18 heavy (non-hydrogen) atoms. The maximum atomic E-state index is 5.29. The molecule has 1 N–H and O–H groups in total. The van der Waals surface area contributed by atoms with Crippen LogP contribution in [0.2, 0.25) is 0 Å². The lowest BCUT2D eigenvalue weighted by Crippen LogP contribution is -2.14. The van der Waals surface area contributed by atoms with E-state index in [1.807, 2.05) is 18.2 Å². The second-order valence-electron chi connectivity index (χ2n) is 3.63. The lowest BCUT2D eigenvalue weighted by molar-refractivity contribution is 0.395. The highest BCUT2D eigenvalue weighted by Crippen LogP contribution is 2.23. The van der Waals surface area contributed by atoms with E-state index in [1.165, 1.54) is 6.39 Å². The number of benzene rings is 1. The highest BCUT2D eigenvalue weighted by molar-refractivity contribution is 5.40. The number of ether oxygens (including phenoxy) is 2. The quantitative estimate of drug-likeness (QED) is 0.834. The zero-order chi connectivity index (χ0) is 12.8. The van der Waals surface area contributed by atoms with E-state index >= 15 is 0 Å². The summed E-state index contributed by atoms with van der Waals surface area (Å²) in [5, 5.41) is 6.93. The Hall–Kier alpha value is -2.08. The van der Waals surface area contributed by atoms with Crippen LogP contribution in [-0.4, -0.2) is 24.4 Å². The molecule has 0 amide bonds. The van der Waals surface area contributed by atoms with Crippen molar-refractivity contribution in [3.63, 3.8) is 0 Å². The summed E-state index contributed by atoms with van der Waals surface area (Å²) in [5.74, 6) is 2.24. The van der Waals surface area contributed by atoms with Gasteiger partial charge in [0.05, 0.1) is 20.8 Å². The van der Waals surface area contributed by atoms with Crippen LogP contribution in [0.15, 0.2) is 29.1 Å². The van der Waals surface area contributed by atoms with Crippen LogP contribution in [0.1, 0.15) is 11.4 Å². The predicted molar refractivity (Wildman–Crippen MR) is 64.4 cm³/mol. The molecular weight excluding hydrogens is 234 g/mol. The second-order valence-corrected chi connectivity index (χ2v) is 3.63. The average Bonchev–Trinajstić information content (AvgIpc) is 2.92. The van der Waals surface area contributed by atoms with Crippen molar-refractivity contribution in [2.75, 3.05) is 14.2 Å². The van der Waals surface area contributed by atoms with Crippen molar-refractivity contribution in [1.82, 2.24) is 15.5 Å². The Labute approximate surface area is 105 Å². The van der Waals surface area contributed by atoms with Crippen LogP contribution in [-0.2, 0) is 13.1 Å². The fourth-order valence-electron chi connectivity index (χ4n) is 1.60. The van der Waals surface area contributed by atoms with Crippen LogP contribution in [0.25, 0.3) is 0 Å². The molecule has 0 bridgehead atoms. The van der Waals surface area contributed by atoms with E-state index in [0.717, 1.165) is 17.1 Å². The average molecular weight is 249 g/mol. The summed E-state index contributed by atoms with van der Waals surface area (Å²) in [4.78, 5) is 3.93. The molecule has 0 aliphatic carbocycles. The lowest BCUT2D eigenvalue weighted by atomic mass is 10.2. The number of nitrogens with one attached hydrogen (secondary N) is 1. The Balaban J connectivity index is 1.98. The van der Waals surface area contributed by atoms with Crippen molar-refractivity contribution in [2.45, 2.75) is 13.1 Å². The van der Waals surface area contributed by atoms with Gasteiger partial charge in [0, 0.05) is 12.1 Å². The molecule has 6 heteroatoms. The molecule has 0 saturated carbocycles. The van der Waals surface area contributed by atoms with Gasteiger partial charge in [-0.2, -0.15) is 4.98 Å². The Bertz CT molecular complexity index is 485. The highest BCUT2D eigenvalue weighted by Gasteiger charge is 2.05. The van der Waals surface area contributed by atoms with Gasteiger partial charge in [0.1, 0.15) is 11.5 Å². The number of methoxy groups -OCH3 is 2. The van der Waals surface area contributed by atoms with E-state index in [9.17, 15) is 0 Å². The molecule has 2 aromatic rings. The van der Waals surface area contributed by atoms with E-state index < -0.39 is 0 Å². The summed E-state index contributed by atoms with van der Waals surface area (Å²) in [5.41, 5.74) is 1.01. The molecule has 2 rings (SSSR count). The monoisotopic (exact) mass is 249 g/mol. The Morgan fingerprint density at radius 1 is 1.22 bits per heavy atom. The van der Waals surface area contributed by atoms with E-state index in [2.05, 4.69) is 20.0 Å². The Kier molecular flexibility index (Phi) is 4.14. The van der Waals surface area contributed by atoms with Crippen molar-refractivity contribution in [3.8, 4) is 11.5 Å². The van der Waals surface area contributed by atoms with Crippen molar-refractivity contribution in [2.24, 2.45) is 0 Å². The van der Waals surface area contributed by atoms with Crippen molar-refractivity contribution in [3.05, 3.63) is 36.0 Å². The van der Waals surface area contributed by atoms with E-state index in [4.69, 9.17) is 9.47 Å². The van der Waals surface area contributed by atoms with E-state index in [-0.39, 0.29) is 0 Å². The minimum atomic E-state index is 0.539. The molecule has 0 unspecified atom stereocenters. The van der Waals surface area contributed by atoms with Gasteiger partial charge in [0.2, 0.25) is 6.39 Å². The van der Waals surface area contributed by atoms with Gasteiger partial charge >= 0.3 is 0 Å². The third kappa shape index (κ3) is 2.98. The van der Waals surface area contributed by atoms with Gasteiger partial charge in [-0.05, 0) is 18.2 Å². The first-order valence-electron chi connectivity index (χ1n) is 5.50. The fraction of sp³-hybridized carbons (Fsp3) is 0.333. The van der Waals surface area contributed by atoms with Crippen molar-refractivity contribution in [1.29, 1.82) is 0 Å². The lowest BCUT2D eigenvalue weighted by Gasteiger charge is -2.10. The van der Waals surface area contributed by atoms with Crippen LogP contribution < -0.4 is 14.8 Å². The number of rotatable bonds is 6. The molecule has 0 aliphatic rings. The van der Waals surface area contributed by atoms with Crippen LogP contribution in [0.4, 0.5) is 0 Å². The number of nitrogens with zero attached hydrogens (tertiary/aromatic N) is 2. The molecule has 6 nitrogen and oxygen atoms in total. The van der Waals surface area contributed by atoms with Crippen LogP contribution >= 0.6 is 0 Å². The third-order valence-corrected chi connectivity index (χ3v) is 2.49. The van der Waals surface area contributed by atoms with Gasteiger partial charge in [0.25, 0.3) is 0 Å². The zero-order valence-corrected chi connectivity index (χ0v) is 10.3. The van der Waals surface area contributed by atoms with Gasteiger partial charge in [0.15, 0.2) is 5.82 Å². The summed E-state index contributed by atoms with van der Waals surface area (Å²) < 4.78 is 15.1. The first-order chi connectivity index (χ1) is 8.83. The van der Waals surface area contributed by atoms with Gasteiger partial charge in [-0.15, -0.1) is 0 Å². The zero-order valence-electron chi connectivity index (χ0n) is 10.3. The van der Waals surface area contributed by atoms with Crippen molar-refractivity contribution < 1.29 is 14.0 Å². The van der Waals surface area contributed by atoms with Gasteiger partial charge in [-0.25, -0.2) is 0 Å². The highest BCUT2D eigenvalue weighted by atomic mass is 16.5. The maximum Gasteiger partial charge on any atom is 0.213 e. The molecule has 0 aliphatic heterocycles. The minimum Gasteiger partial charge on any atom is -0.497 e. The Morgan fingerprint density at radius 3 is 2.78 bits per heavy atom. The molecule has 0 radical (unpaired) electrons. The normalized spacial score (nSPS) is 10.3. The third-order valence-electron chi connectivity index (χ3n) is 2.49. The van der Waals surface area contributed by atoms with E-state index in [1.54, 1.807) is 14.2 Å². The molecule has 1 aromatic carbocycles. The molecule has 1 aromatic heterocycles. The Morgan fingerprint density at radius 2 is 2.11 bits per heavy atom. The topological polar surface area (TPSA) is 69.4 Å². The van der Waals surface area contributed by atoms with Crippen LogP contribution in [0.3, 0.4) is 0 Å². The van der Waals surface area contributed by atoms with Gasteiger partial charge in [-0.1, -0.05) is 5.16 Å². The molecule has 0 fully saturated rings. The van der Waals surface area contributed by atoms with Crippen molar-refractivity contribution >= 4 is 0 Å². The second kappa shape index (κ2) is 6.02. The number of hydrogen-bond donors (Lipinski definition) is 1. The standard InChI is InChI=1S/C12H15N3O3/c1-16-10-3-4-11(17-2)9(5-10)6-13-7-12-14-8-18-15-12/h3-5,8,13H,6-7H2,1-2H3. The molecule has 0 saturated heterocycles. The molecule has 0 atom stereocenters. The molecular formula is C12H15N3O3. The maximum absolute atomic E-state index is 5.29. The minimum absolute atomic E-state index is 0.539. The number of hydrogen-bond acceptors (Lipinski definition) is 6.